The number of hydrogen-bond acceptors (Lipinski definition) is 5. The number of thiocarbonyl (C=S) groups is 1. The lowest BCUT2D eigenvalue weighted by Gasteiger charge is -2.28. The lowest BCUT2D eigenvalue weighted by molar-refractivity contribution is 0.0697. The Kier molecular flexibility index (Phi) is 6.87. The van der Waals surface area contributed by atoms with Gasteiger partial charge in [-0.05, 0) is 98.4 Å². The first-order valence-corrected chi connectivity index (χ1v) is 14.4. The van der Waals surface area contributed by atoms with Gasteiger partial charge in [0.25, 0.3) is 0 Å². The van der Waals surface area contributed by atoms with Gasteiger partial charge in [-0.2, -0.15) is 0 Å². The predicted molar refractivity (Wildman–Crippen MR) is 155 cm³/mol. The Hall–Kier alpha value is -4.22. The van der Waals surface area contributed by atoms with Crippen LogP contribution in [0.5, 0.6) is 0 Å². The fraction of sp³-hybridized carbons (Fsp3) is 0.179. The number of carboxylic acid groups (broad SMARTS) is 1. The molecule has 11 heteroatoms. The summed E-state index contributed by atoms with van der Waals surface area (Å²) in [5.74, 6) is -0.972. The molecule has 3 N–H and O–H groups in total. The molecule has 200 valence electrons. The second-order valence-electron chi connectivity index (χ2n) is 9.43. The Labute approximate surface area is 232 Å². The molecule has 1 saturated heterocycles. The first kappa shape index (κ1) is 26.4. The Morgan fingerprint density at radius 2 is 1.69 bits per heavy atom. The van der Waals surface area contributed by atoms with Gasteiger partial charge in [-0.25, -0.2) is 13.2 Å². The highest BCUT2D eigenvalue weighted by Gasteiger charge is 2.42. The number of sulfonamides is 1. The van der Waals surface area contributed by atoms with Crippen molar-refractivity contribution in [1.29, 1.82) is 0 Å². The van der Waals surface area contributed by atoms with Crippen molar-refractivity contribution in [2.45, 2.75) is 25.9 Å². The zero-order valence-electron chi connectivity index (χ0n) is 21.5. The van der Waals surface area contributed by atoms with E-state index >= 15 is 0 Å². The molecule has 0 bridgehead atoms. The van der Waals surface area contributed by atoms with Gasteiger partial charge >= 0.3 is 5.97 Å². The van der Waals surface area contributed by atoms with Gasteiger partial charge in [0.05, 0.1) is 29.6 Å². The number of hydrogen-bond donors (Lipinski definition) is 3. The molecule has 3 heterocycles. The van der Waals surface area contributed by atoms with Crippen LogP contribution in [0.15, 0.2) is 79.0 Å². The number of aryl methyl sites for hydroxylation is 1. The molecule has 0 spiro atoms. The highest BCUT2D eigenvalue weighted by Crippen LogP contribution is 2.44. The van der Waals surface area contributed by atoms with Crippen molar-refractivity contribution in [2.24, 2.45) is 0 Å². The molecule has 2 aromatic heterocycles. The summed E-state index contributed by atoms with van der Waals surface area (Å²) in [5.41, 5.74) is 6.15. The van der Waals surface area contributed by atoms with Gasteiger partial charge in [-0.15, -0.1) is 0 Å². The van der Waals surface area contributed by atoms with Crippen LogP contribution in [0.25, 0.3) is 5.69 Å². The van der Waals surface area contributed by atoms with Crippen LogP contribution < -0.4 is 14.9 Å². The van der Waals surface area contributed by atoms with E-state index in [2.05, 4.69) is 25.7 Å². The Balaban J connectivity index is 1.61. The fourth-order valence-corrected chi connectivity index (χ4v) is 6.00. The van der Waals surface area contributed by atoms with Crippen LogP contribution in [0.1, 0.15) is 45.1 Å². The maximum atomic E-state index is 11.7. The number of carbonyl (C=O) groups is 1. The summed E-state index contributed by atoms with van der Waals surface area (Å²) in [4.78, 5) is 18.0. The van der Waals surface area contributed by atoms with Crippen molar-refractivity contribution in [3.05, 3.63) is 107 Å². The van der Waals surface area contributed by atoms with Crippen LogP contribution in [-0.4, -0.2) is 40.4 Å². The molecule has 0 unspecified atom stereocenters. The van der Waals surface area contributed by atoms with E-state index in [1.807, 2.05) is 49.1 Å². The number of aromatic nitrogens is 2. The topological polar surface area (TPSA) is 117 Å². The van der Waals surface area contributed by atoms with Crippen molar-refractivity contribution in [1.82, 2.24) is 14.9 Å². The maximum absolute atomic E-state index is 11.7. The molecule has 9 nitrogen and oxygen atoms in total. The van der Waals surface area contributed by atoms with E-state index in [9.17, 15) is 18.3 Å². The highest BCUT2D eigenvalue weighted by molar-refractivity contribution is 7.92. The Bertz CT molecular complexity index is 1650. The zero-order chi connectivity index (χ0) is 27.9. The maximum Gasteiger partial charge on any atom is 0.335 e. The number of rotatable bonds is 7. The molecule has 39 heavy (non-hydrogen) atoms. The minimum atomic E-state index is -3.41. The molecule has 1 aliphatic rings. The number of anilines is 2. The molecule has 1 fully saturated rings. The van der Waals surface area contributed by atoms with Crippen LogP contribution in [-0.2, 0) is 10.0 Å². The zero-order valence-corrected chi connectivity index (χ0v) is 23.1. The average molecular weight is 562 g/mol. The standard InChI is InChI=1S/C28H27N5O4S2/c1-17-16-23(18(2)32(17)21-11-7-19(8-12-21)27(34)35)26-25(24-6-4-5-15-29-24)30-28(38)33(26)22-13-9-20(10-14-22)31-39(3,36)37/h4-16,25-26,31H,1-3H3,(H,30,38)(H,34,35)/t25-,26-/m1/s1. The van der Waals surface area contributed by atoms with E-state index < -0.39 is 16.0 Å². The smallest absolute Gasteiger partial charge is 0.335 e. The van der Waals surface area contributed by atoms with E-state index in [1.54, 1.807) is 42.6 Å². The molecular formula is C28H27N5O4S2. The van der Waals surface area contributed by atoms with Crippen molar-refractivity contribution < 1.29 is 18.3 Å². The van der Waals surface area contributed by atoms with Crippen LogP contribution in [0.3, 0.4) is 0 Å². The van der Waals surface area contributed by atoms with E-state index in [-0.39, 0.29) is 17.6 Å². The monoisotopic (exact) mass is 561 g/mol. The third-order valence-corrected chi connectivity index (χ3v) is 7.63. The molecule has 0 aliphatic carbocycles. The van der Waals surface area contributed by atoms with E-state index in [4.69, 9.17) is 12.2 Å². The van der Waals surface area contributed by atoms with Crippen molar-refractivity contribution in [3.63, 3.8) is 0 Å². The second-order valence-corrected chi connectivity index (χ2v) is 11.6. The van der Waals surface area contributed by atoms with Gasteiger partial charge < -0.3 is 19.9 Å². The second kappa shape index (κ2) is 10.2. The van der Waals surface area contributed by atoms with Crippen LogP contribution in [0, 0.1) is 13.8 Å². The average Bonchev–Trinajstić information content (AvgIpc) is 3.39. The fourth-order valence-electron chi connectivity index (χ4n) is 5.09. The van der Waals surface area contributed by atoms with Gasteiger partial charge in [-0.3, -0.25) is 9.71 Å². The van der Waals surface area contributed by atoms with Crippen molar-refractivity contribution >= 4 is 44.7 Å². The van der Waals surface area contributed by atoms with Gasteiger partial charge in [-0.1, -0.05) is 6.07 Å². The summed E-state index contributed by atoms with van der Waals surface area (Å²) in [6, 6.07) is 21.2. The normalized spacial score (nSPS) is 17.2. The number of aromatic carboxylic acids is 1. The summed E-state index contributed by atoms with van der Waals surface area (Å²) >= 11 is 5.83. The molecule has 0 amide bonds. The van der Waals surface area contributed by atoms with Crippen LogP contribution in [0.2, 0.25) is 0 Å². The number of pyridine rings is 1. The van der Waals surface area contributed by atoms with Crippen LogP contribution in [0.4, 0.5) is 11.4 Å². The minimum Gasteiger partial charge on any atom is -0.478 e. The lowest BCUT2D eigenvalue weighted by atomic mass is 9.96. The van der Waals surface area contributed by atoms with Gasteiger partial charge in [0, 0.05) is 34.6 Å². The van der Waals surface area contributed by atoms with Gasteiger partial charge in [0.1, 0.15) is 0 Å². The molecule has 2 aromatic carbocycles. The van der Waals surface area contributed by atoms with Gasteiger partial charge in [0.2, 0.25) is 10.0 Å². The van der Waals surface area contributed by atoms with Gasteiger partial charge in [0.15, 0.2) is 5.11 Å². The number of nitrogens with zero attached hydrogens (tertiary/aromatic N) is 3. The predicted octanol–water partition coefficient (Wildman–Crippen LogP) is 4.74. The first-order chi connectivity index (χ1) is 18.5. The molecule has 0 radical (unpaired) electrons. The number of benzene rings is 2. The lowest BCUT2D eigenvalue weighted by Crippen LogP contribution is -2.29. The Morgan fingerprint density at radius 1 is 1.03 bits per heavy atom. The molecule has 5 rings (SSSR count). The number of carboxylic acids is 1. The molecule has 1 aliphatic heterocycles. The van der Waals surface area contributed by atoms with Crippen molar-refractivity contribution in [2.75, 3.05) is 15.9 Å². The van der Waals surface area contributed by atoms with Crippen molar-refractivity contribution in [3.8, 4) is 5.69 Å². The third-order valence-electron chi connectivity index (χ3n) is 6.71. The summed E-state index contributed by atoms with van der Waals surface area (Å²) in [7, 11) is -3.41. The minimum absolute atomic E-state index is 0.224. The quantitative estimate of drug-likeness (QED) is 0.277. The van der Waals surface area contributed by atoms with Crippen LogP contribution >= 0.6 is 12.2 Å². The Morgan fingerprint density at radius 3 is 2.28 bits per heavy atom. The molecule has 4 aromatic rings. The summed E-state index contributed by atoms with van der Waals surface area (Å²) < 4.78 is 27.9. The molecule has 0 saturated carbocycles. The first-order valence-electron chi connectivity index (χ1n) is 12.1. The number of nitrogens with one attached hydrogen (secondary N) is 2. The summed E-state index contributed by atoms with van der Waals surface area (Å²) in [5, 5.41) is 13.3. The SMILES string of the molecule is Cc1cc([C@@H]2[C@@H](c3ccccn3)NC(=S)N2c2ccc(NS(C)(=O)=O)cc2)c(C)n1-c1ccc(C(=O)O)cc1. The van der Waals surface area contributed by atoms with E-state index in [0.29, 0.717) is 10.8 Å². The third kappa shape index (κ3) is 5.23. The summed E-state index contributed by atoms with van der Waals surface area (Å²) in [6.07, 6.45) is 2.86. The largest absolute Gasteiger partial charge is 0.478 e. The highest BCUT2D eigenvalue weighted by atomic mass is 32.2. The molecule has 2 atom stereocenters. The van der Waals surface area contributed by atoms with E-state index in [0.717, 1.165) is 40.3 Å². The molecular weight excluding hydrogens is 534 g/mol. The summed E-state index contributed by atoms with van der Waals surface area (Å²) in [6.45, 7) is 4.04. The van der Waals surface area contributed by atoms with E-state index in [1.165, 1.54) is 0 Å².